The Morgan fingerprint density at radius 3 is 2.36 bits per heavy atom. The SMILES string of the molecule is CCCCOc1ccc(S(=O)(=O)c2cnc3ccc(C(=O)OCC)cc3c2N2CCC(N3CCN(C)CC3)CC2)cc1. The van der Waals surface area contributed by atoms with Crippen molar-refractivity contribution in [2.24, 2.45) is 0 Å². The molecule has 0 saturated carbocycles. The molecule has 0 bridgehead atoms. The van der Waals surface area contributed by atoms with E-state index in [4.69, 9.17) is 9.47 Å². The Morgan fingerprint density at radius 1 is 0.976 bits per heavy atom. The predicted molar refractivity (Wildman–Crippen MR) is 164 cm³/mol. The molecule has 0 N–H and O–H groups in total. The number of piperazine rings is 1. The number of esters is 1. The number of unbranched alkanes of at least 4 members (excludes halogenated alkanes) is 1. The first kappa shape index (κ1) is 30.3. The summed E-state index contributed by atoms with van der Waals surface area (Å²) in [5.41, 5.74) is 1.62. The monoisotopic (exact) mass is 594 g/mol. The minimum Gasteiger partial charge on any atom is -0.494 e. The summed E-state index contributed by atoms with van der Waals surface area (Å²) in [6.45, 7) is 10.4. The molecule has 3 aromatic rings. The number of hydrogen-bond acceptors (Lipinski definition) is 9. The van der Waals surface area contributed by atoms with E-state index in [1.807, 2.05) is 0 Å². The number of carbonyl (C=O) groups is 1. The van der Waals surface area contributed by atoms with E-state index >= 15 is 0 Å². The third-order valence-corrected chi connectivity index (χ3v) is 10.1. The highest BCUT2D eigenvalue weighted by molar-refractivity contribution is 7.91. The number of aromatic nitrogens is 1. The van der Waals surface area contributed by atoms with Crippen molar-refractivity contribution in [3.05, 3.63) is 54.2 Å². The van der Waals surface area contributed by atoms with Crippen LogP contribution in [0.1, 0.15) is 49.9 Å². The molecule has 226 valence electrons. The van der Waals surface area contributed by atoms with Crippen LogP contribution in [0, 0.1) is 0 Å². The highest BCUT2D eigenvalue weighted by atomic mass is 32.2. The first-order valence-electron chi connectivity index (χ1n) is 15.1. The summed E-state index contributed by atoms with van der Waals surface area (Å²) in [4.78, 5) is 24.6. The number of fused-ring (bicyclic) bond motifs is 1. The minimum absolute atomic E-state index is 0.147. The number of rotatable bonds is 10. The average Bonchev–Trinajstić information content (AvgIpc) is 3.01. The molecule has 10 heteroatoms. The third-order valence-electron chi connectivity index (χ3n) is 8.34. The second-order valence-electron chi connectivity index (χ2n) is 11.2. The molecule has 0 radical (unpaired) electrons. The van der Waals surface area contributed by atoms with Crippen LogP contribution in [0.4, 0.5) is 5.69 Å². The molecular weight excluding hydrogens is 552 g/mol. The van der Waals surface area contributed by atoms with Gasteiger partial charge in [-0.1, -0.05) is 13.3 Å². The van der Waals surface area contributed by atoms with Gasteiger partial charge in [0.15, 0.2) is 0 Å². The number of benzene rings is 2. The van der Waals surface area contributed by atoms with Crippen LogP contribution in [0.3, 0.4) is 0 Å². The van der Waals surface area contributed by atoms with E-state index < -0.39 is 15.8 Å². The number of pyridine rings is 1. The lowest BCUT2D eigenvalue weighted by atomic mass is 10.0. The van der Waals surface area contributed by atoms with Crippen LogP contribution in [0.5, 0.6) is 5.75 Å². The number of anilines is 1. The Bertz CT molecular complexity index is 1480. The van der Waals surface area contributed by atoms with Crippen LogP contribution < -0.4 is 9.64 Å². The van der Waals surface area contributed by atoms with Crippen molar-refractivity contribution in [3.8, 4) is 5.75 Å². The second-order valence-corrected chi connectivity index (χ2v) is 13.1. The molecule has 0 unspecified atom stereocenters. The first-order chi connectivity index (χ1) is 20.3. The summed E-state index contributed by atoms with van der Waals surface area (Å²) in [5.74, 6) is 0.204. The number of ether oxygens (including phenoxy) is 2. The van der Waals surface area contributed by atoms with Crippen molar-refractivity contribution in [1.82, 2.24) is 14.8 Å². The van der Waals surface area contributed by atoms with Gasteiger partial charge in [0.2, 0.25) is 9.84 Å². The summed E-state index contributed by atoms with van der Waals surface area (Å²) in [6.07, 6.45) is 5.30. The molecule has 2 fully saturated rings. The highest BCUT2D eigenvalue weighted by Gasteiger charge is 2.32. The Labute approximate surface area is 249 Å². The molecule has 1 aromatic heterocycles. The lowest BCUT2D eigenvalue weighted by Gasteiger charge is -2.43. The maximum absolute atomic E-state index is 14.2. The van der Waals surface area contributed by atoms with Gasteiger partial charge in [-0.3, -0.25) is 9.88 Å². The average molecular weight is 595 g/mol. The molecule has 0 spiro atoms. The van der Waals surface area contributed by atoms with E-state index in [-0.39, 0.29) is 16.4 Å². The zero-order valence-corrected chi connectivity index (χ0v) is 25.7. The number of piperidine rings is 1. The minimum atomic E-state index is -3.93. The van der Waals surface area contributed by atoms with Crippen molar-refractivity contribution < 1.29 is 22.7 Å². The highest BCUT2D eigenvalue weighted by Crippen LogP contribution is 2.38. The summed E-state index contributed by atoms with van der Waals surface area (Å²) in [6, 6.07) is 12.3. The molecule has 2 saturated heterocycles. The van der Waals surface area contributed by atoms with Crippen molar-refractivity contribution in [2.45, 2.75) is 55.4 Å². The van der Waals surface area contributed by atoms with Gasteiger partial charge in [-0.05, 0) is 75.7 Å². The summed E-state index contributed by atoms with van der Waals surface area (Å²) in [7, 11) is -1.77. The van der Waals surface area contributed by atoms with Gasteiger partial charge in [-0.15, -0.1) is 0 Å². The largest absolute Gasteiger partial charge is 0.494 e. The fraction of sp³-hybridized carbons (Fsp3) is 0.500. The van der Waals surface area contributed by atoms with E-state index in [1.54, 1.807) is 49.4 Å². The lowest BCUT2D eigenvalue weighted by Crippen LogP contribution is -2.52. The van der Waals surface area contributed by atoms with Crippen LogP contribution in [0.2, 0.25) is 0 Å². The molecule has 2 aliphatic heterocycles. The van der Waals surface area contributed by atoms with Gasteiger partial charge in [0.25, 0.3) is 0 Å². The van der Waals surface area contributed by atoms with E-state index in [9.17, 15) is 13.2 Å². The normalized spacial score (nSPS) is 17.5. The molecule has 2 aliphatic rings. The predicted octanol–water partition coefficient (Wildman–Crippen LogP) is 4.64. The zero-order valence-electron chi connectivity index (χ0n) is 24.9. The van der Waals surface area contributed by atoms with Gasteiger partial charge >= 0.3 is 5.97 Å². The van der Waals surface area contributed by atoms with Crippen molar-refractivity contribution >= 4 is 32.4 Å². The van der Waals surface area contributed by atoms with Gasteiger partial charge in [0, 0.05) is 56.9 Å². The Balaban J connectivity index is 1.51. The van der Waals surface area contributed by atoms with Gasteiger partial charge in [-0.2, -0.15) is 0 Å². The number of likely N-dealkylation sites (N-methyl/N-ethyl adjacent to an activating group) is 1. The van der Waals surface area contributed by atoms with Crippen LogP contribution in [0.25, 0.3) is 10.9 Å². The summed E-state index contributed by atoms with van der Waals surface area (Å²) in [5, 5.41) is 0.638. The number of sulfone groups is 1. The Morgan fingerprint density at radius 2 is 1.69 bits per heavy atom. The molecule has 2 aromatic carbocycles. The quantitative estimate of drug-likeness (QED) is 0.246. The summed E-state index contributed by atoms with van der Waals surface area (Å²) >= 11 is 0. The fourth-order valence-electron chi connectivity index (χ4n) is 5.84. The molecule has 0 atom stereocenters. The van der Waals surface area contributed by atoms with Crippen molar-refractivity contribution in [3.63, 3.8) is 0 Å². The molecule has 3 heterocycles. The van der Waals surface area contributed by atoms with Crippen LogP contribution in [-0.4, -0.2) is 94.7 Å². The molecule has 42 heavy (non-hydrogen) atoms. The molecule has 0 amide bonds. The topological polar surface area (TPSA) is 92.3 Å². The van der Waals surface area contributed by atoms with Gasteiger partial charge in [0.05, 0.1) is 34.9 Å². The summed E-state index contributed by atoms with van der Waals surface area (Å²) < 4.78 is 39.3. The fourth-order valence-corrected chi connectivity index (χ4v) is 7.28. The third kappa shape index (κ3) is 6.55. The number of hydrogen-bond donors (Lipinski definition) is 0. The van der Waals surface area contributed by atoms with E-state index in [0.29, 0.717) is 53.6 Å². The van der Waals surface area contributed by atoms with Gasteiger partial charge in [0.1, 0.15) is 10.6 Å². The Hall–Kier alpha value is -3.21. The smallest absolute Gasteiger partial charge is 0.338 e. The Kier molecular flexibility index (Phi) is 9.65. The van der Waals surface area contributed by atoms with Crippen molar-refractivity contribution in [1.29, 1.82) is 0 Å². The maximum atomic E-state index is 14.2. The van der Waals surface area contributed by atoms with E-state index in [2.05, 4.69) is 33.7 Å². The molecule has 9 nitrogen and oxygen atoms in total. The van der Waals surface area contributed by atoms with Crippen LogP contribution in [0.15, 0.2) is 58.5 Å². The van der Waals surface area contributed by atoms with Gasteiger partial charge in [-0.25, -0.2) is 13.2 Å². The maximum Gasteiger partial charge on any atom is 0.338 e. The first-order valence-corrected chi connectivity index (χ1v) is 16.6. The molecule has 5 rings (SSSR count). The standard InChI is InChI=1S/C32H42N4O5S/c1-4-6-21-41-26-8-10-27(11-9-26)42(38,39)30-23-33-29-12-7-24(32(37)40-5-2)22-28(29)31(30)36-15-13-25(14-16-36)35-19-17-34(3)18-20-35/h7-12,22-23,25H,4-6,13-21H2,1-3H3. The van der Waals surface area contributed by atoms with Crippen molar-refractivity contribution in [2.75, 3.05) is 64.4 Å². The van der Waals surface area contributed by atoms with Crippen LogP contribution >= 0.6 is 0 Å². The molecule has 0 aliphatic carbocycles. The van der Waals surface area contributed by atoms with Crippen LogP contribution in [-0.2, 0) is 14.6 Å². The van der Waals surface area contributed by atoms with Gasteiger partial charge < -0.3 is 19.3 Å². The van der Waals surface area contributed by atoms with E-state index in [0.717, 1.165) is 51.9 Å². The zero-order chi connectivity index (χ0) is 29.7. The lowest BCUT2D eigenvalue weighted by molar-refractivity contribution is 0.0526. The second kappa shape index (κ2) is 13.4. The number of carbonyl (C=O) groups excluding carboxylic acids is 1. The van der Waals surface area contributed by atoms with E-state index in [1.165, 1.54) is 6.20 Å². The molecular formula is C32H42N4O5S. The number of nitrogens with zero attached hydrogens (tertiary/aromatic N) is 4.